The van der Waals surface area contributed by atoms with Gasteiger partial charge < -0.3 is 14.6 Å². The number of aromatic nitrogens is 3. The van der Waals surface area contributed by atoms with Crippen molar-refractivity contribution < 1.29 is 4.74 Å². The van der Waals surface area contributed by atoms with Crippen LogP contribution in [0.2, 0.25) is 0 Å². The third-order valence-electron chi connectivity index (χ3n) is 4.14. The lowest BCUT2D eigenvalue weighted by Gasteiger charge is -2.22. The predicted molar refractivity (Wildman–Crippen MR) is 94.7 cm³/mol. The van der Waals surface area contributed by atoms with Gasteiger partial charge >= 0.3 is 0 Å². The molecule has 0 saturated carbocycles. The fourth-order valence-electron chi connectivity index (χ4n) is 2.92. The molecule has 0 aliphatic heterocycles. The molecule has 0 unspecified atom stereocenters. The van der Waals surface area contributed by atoms with Crippen molar-refractivity contribution in [2.24, 2.45) is 0 Å². The second-order valence-corrected chi connectivity index (χ2v) is 5.82. The van der Waals surface area contributed by atoms with Crippen molar-refractivity contribution in [3.8, 4) is 5.75 Å². The highest BCUT2D eigenvalue weighted by Crippen LogP contribution is 2.27. The summed E-state index contributed by atoms with van der Waals surface area (Å²) in [6.45, 7) is 4.54. The Morgan fingerprint density at radius 1 is 1.29 bits per heavy atom. The molecule has 24 heavy (non-hydrogen) atoms. The zero-order valence-electron chi connectivity index (χ0n) is 14.3. The molecule has 0 aliphatic carbocycles. The fourth-order valence-corrected chi connectivity index (χ4v) is 2.92. The van der Waals surface area contributed by atoms with Gasteiger partial charge in [-0.1, -0.05) is 0 Å². The number of anilines is 1. The van der Waals surface area contributed by atoms with Crippen molar-refractivity contribution in [2.45, 2.75) is 20.4 Å². The van der Waals surface area contributed by atoms with Gasteiger partial charge in [-0.2, -0.15) is 0 Å². The summed E-state index contributed by atoms with van der Waals surface area (Å²) >= 11 is 0. The number of nitrogens with zero attached hydrogens (tertiary/aromatic N) is 3. The predicted octanol–water partition coefficient (Wildman–Crippen LogP) is 2.58. The van der Waals surface area contributed by atoms with E-state index in [1.54, 1.807) is 19.4 Å². The van der Waals surface area contributed by atoms with Crippen LogP contribution in [0, 0.1) is 13.8 Å². The van der Waals surface area contributed by atoms with Gasteiger partial charge in [0.05, 0.1) is 25.0 Å². The maximum atomic E-state index is 11.9. The van der Waals surface area contributed by atoms with Crippen LogP contribution in [0.15, 0.2) is 35.4 Å². The first-order chi connectivity index (χ1) is 11.5. The Balaban J connectivity index is 2.02. The van der Waals surface area contributed by atoms with Crippen molar-refractivity contribution in [1.82, 2.24) is 15.0 Å². The number of pyridine rings is 3. The molecule has 124 valence electrons. The summed E-state index contributed by atoms with van der Waals surface area (Å²) in [6, 6.07) is 5.39. The van der Waals surface area contributed by atoms with E-state index in [0.29, 0.717) is 12.2 Å². The highest BCUT2D eigenvalue weighted by molar-refractivity contribution is 5.88. The number of rotatable bonds is 4. The minimum Gasteiger partial charge on any atom is -0.496 e. The molecule has 6 nitrogen and oxygen atoms in total. The zero-order chi connectivity index (χ0) is 17.3. The molecule has 0 saturated heterocycles. The maximum Gasteiger partial charge on any atom is 0.251 e. The summed E-state index contributed by atoms with van der Waals surface area (Å²) in [4.78, 5) is 25.4. The third-order valence-corrected chi connectivity index (χ3v) is 4.14. The number of aromatic amines is 1. The lowest BCUT2D eigenvalue weighted by molar-refractivity contribution is 0.407. The van der Waals surface area contributed by atoms with Crippen LogP contribution in [-0.2, 0) is 6.54 Å². The highest BCUT2D eigenvalue weighted by Gasteiger charge is 2.14. The molecule has 0 aliphatic rings. The highest BCUT2D eigenvalue weighted by atomic mass is 16.5. The average Bonchev–Trinajstić information content (AvgIpc) is 2.57. The van der Waals surface area contributed by atoms with Gasteiger partial charge in [-0.25, -0.2) is 4.98 Å². The molecule has 0 aromatic carbocycles. The molecule has 3 aromatic rings. The van der Waals surface area contributed by atoms with E-state index in [-0.39, 0.29) is 5.56 Å². The first-order valence-corrected chi connectivity index (χ1v) is 7.69. The zero-order valence-corrected chi connectivity index (χ0v) is 14.3. The van der Waals surface area contributed by atoms with Crippen molar-refractivity contribution >= 4 is 16.7 Å². The van der Waals surface area contributed by atoms with E-state index >= 15 is 0 Å². The molecule has 0 fully saturated rings. The van der Waals surface area contributed by atoms with E-state index in [1.807, 2.05) is 44.1 Å². The second kappa shape index (κ2) is 6.31. The lowest BCUT2D eigenvalue weighted by atomic mass is 10.1. The largest absolute Gasteiger partial charge is 0.496 e. The summed E-state index contributed by atoms with van der Waals surface area (Å²) in [5, 5.41) is 0.899. The minimum atomic E-state index is -0.172. The van der Waals surface area contributed by atoms with Gasteiger partial charge in [-0.15, -0.1) is 0 Å². The number of aryl methyl sites for hydroxylation is 1. The molecule has 0 atom stereocenters. The quantitative estimate of drug-likeness (QED) is 0.798. The second-order valence-electron chi connectivity index (χ2n) is 5.82. The van der Waals surface area contributed by atoms with E-state index in [9.17, 15) is 4.79 Å². The van der Waals surface area contributed by atoms with E-state index in [1.165, 1.54) is 0 Å². The standard InChI is InChI=1S/C18H20N4O2/c1-11-9-20-14(12(2)17(11)24-4)10-22(3)15-8-16(23)21-18-13(15)6-5-7-19-18/h5-9H,10H2,1-4H3,(H,19,21,23). The number of H-pyrrole nitrogens is 1. The molecule has 0 amide bonds. The van der Waals surface area contributed by atoms with Gasteiger partial charge in [0.2, 0.25) is 0 Å². The van der Waals surface area contributed by atoms with Crippen LogP contribution in [0.1, 0.15) is 16.8 Å². The normalized spacial score (nSPS) is 10.8. The van der Waals surface area contributed by atoms with Crippen molar-refractivity contribution in [3.05, 3.63) is 57.8 Å². The summed E-state index contributed by atoms with van der Waals surface area (Å²) in [5.74, 6) is 0.853. The van der Waals surface area contributed by atoms with Crippen molar-refractivity contribution in [1.29, 1.82) is 0 Å². The third kappa shape index (κ3) is 2.82. The lowest BCUT2D eigenvalue weighted by Crippen LogP contribution is -2.21. The van der Waals surface area contributed by atoms with E-state index in [4.69, 9.17) is 4.74 Å². The molecule has 0 radical (unpaired) electrons. The van der Waals surface area contributed by atoms with Gasteiger partial charge in [0.25, 0.3) is 5.56 Å². The van der Waals surface area contributed by atoms with Crippen LogP contribution in [0.3, 0.4) is 0 Å². The van der Waals surface area contributed by atoms with E-state index < -0.39 is 0 Å². The topological polar surface area (TPSA) is 71.1 Å². The molecular formula is C18H20N4O2. The Morgan fingerprint density at radius 2 is 2.08 bits per heavy atom. The van der Waals surface area contributed by atoms with Gasteiger partial charge in [0.15, 0.2) is 0 Å². The molecule has 0 bridgehead atoms. The van der Waals surface area contributed by atoms with E-state index in [0.717, 1.165) is 33.6 Å². The summed E-state index contributed by atoms with van der Waals surface area (Å²) in [7, 11) is 3.60. The monoisotopic (exact) mass is 324 g/mol. The van der Waals surface area contributed by atoms with Gasteiger partial charge in [0.1, 0.15) is 11.4 Å². The SMILES string of the molecule is COc1c(C)cnc(CN(C)c2cc(=O)[nH]c3ncccc23)c1C. The smallest absolute Gasteiger partial charge is 0.251 e. The Hall–Kier alpha value is -2.89. The minimum absolute atomic E-state index is 0.172. The van der Waals surface area contributed by atoms with Gasteiger partial charge in [-0.3, -0.25) is 9.78 Å². The van der Waals surface area contributed by atoms with E-state index in [2.05, 4.69) is 15.0 Å². The maximum absolute atomic E-state index is 11.9. The Morgan fingerprint density at radius 3 is 2.83 bits per heavy atom. The number of ether oxygens (including phenoxy) is 1. The Bertz CT molecular complexity index is 949. The molecule has 6 heteroatoms. The number of hydrogen-bond donors (Lipinski definition) is 1. The molecule has 3 aromatic heterocycles. The van der Waals surface area contributed by atoms with Gasteiger partial charge in [-0.05, 0) is 26.0 Å². The van der Waals surface area contributed by atoms with Gasteiger partial charge in [0, 0.05) is 42.0 Å². The first kappa shape index (κ1) is 16.0. The summed E-state index contributed by atoms with van der Waals surface area (Å²) in [5.41, 5.74) is 4.16. The van der Waals surface area contributed by atoms with Crippen LogP contribution < -0.4 is 15.2 Å². The summed E-state index contributed by atoms with van der Waals surface area (Å²) in [6.07, 6.45) is 3.48. The van der Waals surface area contributed by atoms with Crippen LogP contribution in [0.25, 0.3) is 11.0 Å². The summed E-state index contributed by atoms with van der Waals surface area (Å²) < 4.78 is 5.47. The number of fused-ring (bicyclic) bond motifs is 1. The van der Waals surface area contributed by atoms with Crippen molar-refractivity contribution in [3.63, 3.8) is 0 Å². The number of methoxy groups -OCH3 is 1. The van der Waals surface area contributed by atoms with Crippen LogP contribution in [-0.4, -0.2) is 29.1 Å². The first-order valence-electron chi connectivity index (χ1n) is 7.69. The fraction of sp³-hybridized carbons (Fsp3) is 0.278. The van der Waals surface area contributed by atoms with Crippen LogP contribution >= 0.6 is 0 Å². The Labute approximate surface area is 140 Å². The number of nitrogens with one attached hydrogen (secondary N) is 1. The molecule has 3 rings (SSSR count). The Kier molecular flexibility index (Phi) is 4.20. The number of hydrogen-bond acceptors (Lipinski definition) is 5. The molecule has 1 N–H and O–H groups in total. The molecule has 3 heterocycles. The molecular weight excluding hydrogens is 304 g/mol. The molecule has 0 spiro atoms. The van der Waals surface area contributed by atoms with Crippen molar-refractivity contribution in [2.75, 3.05) is 19.1 Å². The average molecular weight is 324 g/mol. The van der Waals surface area contributed by atoms with Crippen LogP contribution in [0.5, 0.6) is 5.75 Å². The van der Waals surface area contributed by atoms with Crippen LogP contribution in [0.4, 0.5) is 5.69 Å².